The van der Waals surface area contributed by atoms with Gasteiger partial charge in [0, 0.05) is 5.39 Å². The molecule has 0 saturated carbocycles. The van der Waals surface area contributed by atoms with Gasteiger partial charge in [0.25, 0.3) is 0 Å². The number of hydrogen-bond acceptors (Lipinski definition) is 5. The third kappa shape index (κ3) is 5.19. The van der Waals surface area contributed by atoms with Gasteiger partial charge in [-0.2, -0.15) is 0 Å². The molecule has 2 aromatic carbocycles. The van der Waals surface area contributed by atoms with Crippen molar-refractivity contribution in [3.8, 4) is 11.5 Å². The smallest absolute Gasteiger partial charge is 0.408 e. The first-order chi connectivity index (χ1) is 13.2. The lowest BCUT2D eigenvalue weighted by Crippen LogP contribution is -2.33. The second kappa shape index (κ2) is 7.84. The van der Waals surface area contributed by atoms with E-state index in [-0.39, 0.29) is 11.8 Å². The number of phenolic OH excluding ortho intramolecular Hbond substituents is 1. The lowest BCUT2D eigenvalue weighted by Gasteiger charge is -2.21. The van der Waals surface area contributed by atoms with E-state index in [1.807, 2.05) is 52.0 Å². The van der Waals surface area contributed by atoms with Crippen LogP contribution in [-0.2, 0) is 11.3 Å². The first-order valence-corrected chi connectivity index (χ1v) is 9.13. The highest BCUT2D eigenvalue weighted by Gasteiger charge is 2.20. The number of amides is 1. The molecule has 1 aromatic heterocycles. The van der Waals surface area contributed by atoms with Crippen LogP contribution in [0.15, 0.2) is 52.9 Å². The van der Waals surface area contributed by atoms with Gasteiger partial charge in [-0.05, 0) is 69.7 Å². The number of carbonyl (C=O) groups is 1. The monoisotopic (exact) mass is 383 g/mol. The van der Waals surface area contributed by atoms with Crippen LogP contribution >= 0.6 is 0 Å². The van der Waals surface area contributed by atoms with Crippen molar-refractivity contribution in [1.82, 2.24) is 5.32 Å². The van der Waals surface area contributed by atoms with E-state index in [9.17, 15) is 9.90 Å². The number of furan rings is 1. The Hall–Kier alpha value is -3.15. The topological polar surface area (TPSA) is 80.9 Å². The molecule has 6 heteroatoms. The fraction of sp³-hybridized carbons (Fsp3) is 0.318. The van der Waals surface area contributed by atoms with E-state index in [0.29, 0.717) is 18.1 Å². The Morgan fingerprint density at radius 2 is 1.86 bits per heavy atom. The van der Waals surface area contributed by atoms with Crippen molar-refractivity contribution in [2.45, 2.75) is 45.9 Å². The molecule has 2 N–H and O–H groups in total. The Morgan fingerprint density at radius 3 is 2.54 bits per heavy atom. The van der Waals surface area contributed by atoms with Crippen molar-refractivity contribution in [3.05, 3.63) is 59.9 Å². The van der Waals surface area contributed by atoms with Gasteiger partial charge in [0.15, 0.2) is 0 Å². The third-order valence-corrected chi connectivity index (χ3v) is 4.01. The summed E-state index contributed by atoms with van der Waals surface area (Å²) in [7, 11) is 0. The molecule has 6 nitrogen and oxygen atoms in total. The first kappa shape index (κ1) is 19.6. The lowest BCUT2D eigenvalue weighted by molar-refractivity contribution is 0.0502. The summed E-state index contributed by atoms with van der Waals surface area (Å²) in [6.45, 7) is 7.68. The quantitative estimate of drug-likeness (QED) is 0.625. The highest BCUT2D eigenvalue weighted by Crippen LogP contribution is 2.26. The molecular formula is C22H25NO5. The molecule has 1 atom stereocenters. The number of benzene rings is 2. The number of nitrogens with one attached hydrogen (secondary N) is 1. The molecule has 1 unspecified atom stereocenters. The maximum atomic E-state index is 11.9. The Balaban J connectivity index is 1.66. The molecule has 0 aliphatic carbocycles. The average molecular weight is 383 g/mol. The van der Waals surface area contributed by atoms with Gasteiger partial charge in [0.05, 0.1) is 6.04 Å². The van der Waals surface area contributed by atoms with Crippen LogP contribution in [0.4, 0.5) is 4.79 Å². The molecule has 28 heavy (non-hydrogen) atoms. The van der Waals surface area contributed by atoms with Gasteiger partial charge in [-0.15, -0.1) is 0 Å². The van der Waals surface area contributed by atoms with Crippen LogP contribution in [-0.4, -0.2) is 16.8 Å². The van der Waals surface area contributed by atoms with Crippen LogP contribution in [0.2, 0.25) is 0 Å². The van der Waals surface area contributed by atoms with Crippen LogP contribution in [0.3, 0.4) is 0 Å². The predicted octanol–water partition coefficient (Wildman–Crippen LogP) is 5.30. The minimum Gasteiger partial charge on any atom is -0.508 e. The van der Waals surface area contributed by atoms with Gasteiger partial charge in [-0.1, -0.05) is 12.1 Å². The van der Waals surface area contributed by atoms with Crippen molar-refractivity contribution in [2.24, 2.45) is 0 Å². The largest absolute Gasteiger partial charge is 0.508 e. The molecule has 0 spiro atoms. The van der Waals surface area contributed by atoms with Crippen LogP contribution in [0.1, 0.15) is 45.1 Å². The maximum Gasteiger partial charge on any atom is 0.408 e. The normalized spacial score (nSPS) is 12.6. The standard InChI is InChI=1S/C22H25NO5/c1-14(23-21(25)28-22(2,3)4)19-12-16-6-5-15(11-20(16)27-19)13-26-18-9-7-17(24)8-10-18/h5-12,14,24H,13H2,1-4H3,(H,23,25). The minimum atomic E-state index is -0.552. The molecule has 1 amide bonds. The molecule has 148 valence electrons. The second-order valence-corrected chi connectivity index (χ2v) is 7.67. The molecule has 3 aromatic rings. The van der Waals surface area contributed by atoms with E-state index in [2.05, 4.69) is 5.32 Å². The summed E-state index contributed by atoms with van der Waals surface area (Å²) >= 11 is 0. The van der Waals surface area contributed by atoms with Crippen LogP contribution in [0.5, 0.6) is 11.5 Å². The second-order valence-electron chi connectivity index (χ2n) is 7.67. The number of carbonyl (C=O) groups excluding carboxylic acids is 1. The summed E-state index contributed by atoms with van der Waals surface area (Å²) in [5.41, 5.74) is 1.12. The maximum absolute atomic E-state index is 11.9. The predicted molar refractivity (Wildman–Crippen MR) is 106 cm³/mol. The Kier molecular flexibility index (Phi) is 5.49. The summed E-state index contributed by atoms with van der Waals surface area (Å²) in [5, 5.41) is 13.0. The van der Waals surface area contributed by atoms with E-state index < -0.39 is 11.7 Å². The number of alkyl carbamates (subject to hydrolysis) is 1. The van der Waals surface area contributed by atoms with Crippen molar-refractivity contribution in [1.29, 1.82) is 0 Å². The first-order valence-electron chi connectivity index (χ1n) is 9.13. The zero-order valence-electron chi connectivity index (χ0n) is 16.5. The SMILES string of the molecule is CC(NC(=O)OC(C)(C)C)c1cc2ccc(COc3ccc(O)cc3)cc2o1. The molecule has 3 rings (SSSR count). The van der Waals surface area contributed by atoms with E-state index in [4.69, 9.17) is 13.9 Å². The van der Waals surface area contributed by atoms with Gasteiger partial charge in [0.1, 0.15) is 35.1 Å². The summed E-state index contributed by atoms with van der Waals surface area (Å²) in [4.78, 5) is 11.9. The molecular weight excluding hydrogens is 358 g/mol. The van der Waals surface area contributed by atoms with Crippen molar-refractivity contribution in [2.75, 3.05) is 0 Å². The van der Waals surface area contributed by atoms with Crippen molar-refractivity contribution in [3.63, 3.8) is 0 Å². The number of hydrogen-bond donors (Lipinski definition) is 2. The summed E-state index contributed by atoms with van der Waals surface area (Å²) in [6.07, 6.45) is -0.483. The molecule has 0 aliphatic heterocycles. The number of aromatic hydroxyl groups is 1. The van der Waals surface area contributed by atoms with E-state index in [0.717, 1.165) is 16.5 Å². The van der Waals surface area contributed by atoms with Gasteiger partial charge in [-0.25, -0.2) is 4.79 Å². The molecule has 1 heterocycles. The number of rotatable bonds is 5. The van der Waals surface area contributed by atoms with E-state index in [1.165, 1.54) is 0 Å². The fourth-order valence-electron chi connectivity index (χ4n) is 2.66. The molecule has 0 bridgehead atoms. The van der Waals surface area contributed by atoms with Gasteiger partial charge in [0.2, 0.25) is 0 Å². The molecule has 0 aliphatic rings. The van der Waals surface area contributed by atoms with Crippen molar-refractivity contribution >= 4 is 17.1 Å². The highest BCUT2D eigenvalue weighted by atomic mass is 16.6. The molecule has 0 radical (unpaired) electrons. The Labute approximate surface area is 164 Å². The van der Waals surface area contributed by atoms with Gasteiger partial charge in [-0.3, -0.25) is 0 Å². The van der Waals surface area contributed by atoms with Crippen LogP contribution in [0.25, 0.3) is 11.0 Å². The summed E-state index contributed by atoms with van der Waals surface area (Å²) in [5.74, 6) is 1.52. The zero-order chi connectivity index (χ0) is 20.3. The number of ether oxygens (including phenoxy) is 2. The molecule has 0 fully saturated rings. The fourth-order valence-corrected chi connectivity index (χ4v) is 2.66. The lowest BCUT2D eigenvalue weighted by atomic mass is 10.1. The van der Waals surface area contributed by atoms with Crippen LogP contribution in [0, 0.1) is 0 Å². The zero-order valence-corrected chi connectivity index (χ0v) is 16.5. The molecule has 0 saturated heterocycles. The van der Waals surface area contributed by atoms with E-state index >= 15 is 0 Å². The van der Waals surface area contributed by atoms with Crippen molar-refractivity contribution < 1.29 is 23.8 Å². The van der Waals surface area contributed by atoms with Crippen LogP contribution < -0.4 is 10.1 Å². The van der Waals surface area contributed by atoms with Gasteiger partial charge >= 0.3 is 6.09 Å². The third-order valence-electron chi connectivity index (χ3n) is 4.01. The Bertz CT molecular complexity index is 953. The van der Waals surface area contributed by atoms with E-state index in [1.54, 1.807) is 24.3 Å². The summed E-state index contributed by atoms with van der Waals surface area (Å²) in [6, 6.07) is 14.0. The minimum absolute atomic E-state index is 0.200. The average Bonchev–Trinajstić information content (AvgIpc) is 3.03. The highest BCUT2D eigenvalue weighted by molar-refractivity contribution is 5.79. The summed E-state index contributed by atoms with van der Waals surface area (Å²) < 4.78 is 16.9. The number of phenols is 1. The number of fused-ring (bicyclic) bond motifs is 1. The van der Waals surface area contributed by atoms with Gasteiger partial charge < -0.3 is 24.3 Å². The Morgan fingerprint density at radius 1 is 1.14 bits per heavy atom.